The highest BCUT2D eigenvalue weighted by molar-refractivity contribution is 7.90. The lowest BCUT2D eigenvalue weighted by Gasteiger charge is -2.06. The van der Waals surface area contributed by atoms with Crippen molar-refractivity contribution in [2.75, 3.05) is 5.73 Å². The van der Waals surface area contributed by atoms with E-state index in [4.69, 9.17) is 5.73 Å². The first-order valence-corrected chi connectivity index (χ1v) is 6.91. The molecule has 4 nitrogen and oxygen atoms in total. The fraction of sp³-hybridized carbons (Fsp3) is 0.0833. The van der Waals surface area contributed by atoms with Gasteiger partial charge in [0.2, 0.25) is 0 Å². The van der Waals surface area contributed by atoms with Crippen LogP contribution in [-0.2, 0) is 15.6 Å². The van der Waals surface area contributed by atoms with E-state index in [9.17, 15) is 17.2 Å². The number of rotatable bonds is 3. The van der Waals surface area contributed by atoms with E-state index in [1.54, 1.807) is 0 Å². The second-order valence-corrected chi connectivity index (χ2v) is 5.92. The van der Waals surface area contributed by atoms with Crippen LogP contribution in [0.15, 0.2) is 41.6 Å². The van der Waals surface area contributed by atoms with Crippen molar-refractivity contribution in [3.05, 3.63) is 53.9 Å². The number of sulfone groups is 1. The van der Waals surface area contributed by atoms with Crippen molar-refractivity contribution in [2.24, 2.45) is 0 Å². The molecule has 0 fully saturated rings. The molecule has 2 rings (SSSR count). The van der Waals surface area contributed by atoms with E-state index in [-0.39, 0.29) is 11.3 Å². The molecule has 0 amide bonds. The molecule has 0 aliphatic heterocycles. The summed E-state index contributed by atoms with van der Waals surface area (Å²) in [5, 5.41) is 0. The summed E-state index contributed by atoms with van der Waals surface area (Å²) in [6.45, 7) is 0. The number of aromatic nitrogens is 1. The predicted octanol–water partition coefficient (Wildman–Crippen LogP) is 1.92. The Morgan fingerprint density at radius 2 is 1.89 bits per heavy atom. The van der Waals surface area contributed by atoms with Crippen molar-refractivity contribution in [1.82, 2.24) is 4.98 Å². The zero-order valence-electron chi connectivity index (χ0n) is 9.68. The number of pyridine rings is 1. The Kier molecular flexibility index (Phi) is 3.48. The van der Waals surface area contributed by atoms with E-state index >= 15 is 0 Å². The molecule has 1 heterocycles. The molecular weight excluding hydrogens is 274 g/mol. The summed E-state index contributed by atoms with van der Waals surface area (Å²) in [6.07, 6.45) is 2.18. The zero-order valence-corrected chi connectivity index (χ0v) is 10.5. The lowest BCUT2D eigenvalue weighted by atomic mass is 10.3. The van der Waals surface area contributed by atoms with Gasteiger partial charge in [0.05, 0.1) is 11.9 Å². The monoisotopic (exact) mass is 284 g/mol. The molecule has 100 valence electrons. The average Bonchev–Trinajstić information content (AvgIpc) is 2.27. The van der Waals surface area contributed by atoms with Gasteiger partial charge in [-0.1, -0.05) is 0 Å². The molecule has 0 aliphatic carbocycles. The molecule has 0 atom stereocenters. The highest BCUT2D eigenvalue weighted by Crippen LogP contribution is 2.21. The van der Waals surface area contributed by atoms with Crippen LogP contribution in [0.25, 0.3) is 0 Å². The summed E-state index contributed by atoms with van der Waals surface area (Å²) in [6, 6.07) is 4.35. The number of nitrogens with zero attached hydrogens (tertiary/aromatic N) is 1. The highest BCUT2D eigenvalue weighted by atomic mass is 32.2. The molecule has 0 unspecified atom stereocenters. The Hall–Kier alpha value is -2.02. The van der Waals surface area contributed by atoms with E-state index in [2.05, 4.69) is 4.98 Å². The SMILES string of the molecule is Nc1ccc(S(=O)(=O)Cc2cncc(F)c2)c(F)c1. The summed E-state index contributed by atoms with van der Waals surface area (Å²) >= 11 is 0. The molecule has 7 heteroatoms. The third kappa shape index (κ3) is 3.05. The van der Waals surface area contributed by atoms with Crippen molar-refractivity contribution in [2.45, 2.75) is 10.6 Å². The minimum absolute atomic E-state index is 0.129. The molecule has 2 N–H and O–H groups in total. The molecule has 0 radical (unpaired) electrons. The van der Waals surface area contributed by atoms with Crippen LogP contribution in [0, 0.1) is 11.6 Å². The number of benzene rings is 1. The Morgan fingerprint density at radius 1 is 1.16 bits per heavy atom. The van der Waals surface area contributed by atoms with Crippen molar-refractivity contribution in [3.8, 4) is 0 Å². The molecule has 0 saturated heterocycles. The first-order chi connectivity index (χ1) is 8.88. The third-order valence-corrected chi connectivity index (χ3v) is 4.12. The number of nitrogen functional groups attached to an aromatic ring is 1. The molecule has 0 spiro atoms. The van der Waals surface area contributed by atoms with Gasteiger partial charge in [-0.05, 0) is 29.8 Å². The van der Waals surface area contributed by atoms with Crippen molar-refractivity contribution < 1.29 is 17.2 Å². The lowest BCUT2D eigenvalue weighted by Crippen LogP contribution is -2.08. The smallest absolute Gasteiger partial charge is 0.185 e. The fourth-order valence-corrected chi connectivity index (χ4v) is 2.98. The van der Waals surface area contributed by atoms with Crippen LogP contribution in [0.5, 0.6) is 0 Å². The number of nitrogens with two attached hydrogens (primary N) is 1. The van der Waals surface area contributed by atoms with Crippen molar-refractivity contribution in [1.29, 1.82) is 0 Å². The molecule has 0 aliphatic rings. The molecular formula is C12H10F2N2O2S. The molecule has 1 aromatic carbocycles. The van der Waals surface area contributed by atoms with Crippen LogP contribution >= 0.6 is 0 Å². The minimum atomic E-state index is -3.91. The second kappa shape index (κ2) is 4.93. The van der Waals surface area contributed by atoms with E-state index in [1.165, 1.54) is 12.3 Å². The van der Waals surface area contributed by atoms with Gasteiger partial charge < -0.3 is 5.73 Å². The molecule has 2 aromatic rings. The number of hydrogen-bond donors (Lipinski definition) is 1. The topological polar surface area (TPSA) is 73.1 Å². The first-order valence-electron chi connectivity index (χ1n) is 5.26. The summed E-state index contributed by atoms with van der Waals surface area (Å²) in [7, 11) is -3.91. The highest BCUT2D eigenvalue weighted by Gasteiger charge is 2.20. The largest absolute Gasteiger partial charge is 0.399 e. The summed E-state index contributed by atoms with van der Waals surface area (Å²) in [5.41, 5.74) is 5.63. The van der Waals surface area contributed by atoms with E-state index < -0.39 is 32.1 Å². The summed E-state index contributed by atoms with van der Waals surface area (Å²) < 4.78 is 50.5. The van der Waals surface area contributed by atoms with E-state index in [0.717, 1.165) is 24.4 Å². The number of anilines is 1. The standard InChI is InChI=1S/C12H10F2N2O2S/c13-9-3-8(5-16-6-9)7-19(17,18)12-2-1-10(15)4-11(12)14/h1-6H,7,15H2. The minimum Gasteiger partial charge on any atom is -0.399 e. The summed E-state index contributed by atoms with van der Waals surface area (Å²) in [4.78, 5) is 3.08. The Balaban J connectivity index is 2.38. The van der Waals surface area contributed by atoms with Crippen molar-refractivity contribution in [3.63, 3.8) is 0 Å². The van der Waals surface area contributed by atoms with Crippen LogP contribution in [-0.4, -0.2) is 13.4 Å². The number of hydrogen-bond acceptors (Lipinski definition) is 4. The first kappa shape index (κ1) is 13.4. The second-order valence-electron chi connectivity index (χ2n) is 3.96. The fourth-order valence-electron chi connectivity index (χ4n) is 1.60. The zero-order chi connectivity index (χ0) is 14.0. The van der Waals surface area contributed by atoms with Gasteiger partial charge in [-0.2, -0.15) is 0 Å². The van der Waals surface area contributed by atoms with Gasteiger partial charge in [0.15, 0.2) is 9.84 Å². The van der Waals surface area contributed by atoms with Gasteiger partial charge in [0.25, 0.3) is 0 Å². The maximum Gasteiger partial charge on any atom is 0.185 e. The quantitative estimate of drug-likeness (QED) is 0.874. The van der Waals surface area contributed by atoms with E-state index in [1.807, 2.05) is 0 Å². The normalized spacial score (nSPS) is 11.5. The predicted molar refractivity (Wildman–Crippen MR) is 65.9 cm³/mol. The molecule has 0 saturated carbocycles. The Labute approximate surface area is 108 Å². The molecule has 19 heavy (non-hydrogen) atoms. The van der Waals surface area contributed by atoms with Crippen LogP contribution in [0.2, 0.25) is 0 Å². The lowest BCUT2D eigenvalue weighted by molar-refractivity contribution is 0.566. The van der Waals surface area contributed by atoms with Gasteiger partial charge in [0.1, 0.15) is 16.5 Å². The van der Waals surface area contributed by atoms with Crippen LogP contribution < -0.4 is 5.73 Å². The van der Waals surface area contributed by atoms with Crippen LogP contribution in [0.1, 0.15) is 5.56 Å². The van der Waals surface area contributed by atoms with E-state index in [0.29, 0.717) is 0 Å². The maximum absolute atomic E-state index is 13.6. The van der Waals surface area contributed by atoms with Gasteiger partial charge in [-0.15, -0.1) is 0 Å². The summed E-state index contributed by atoms with van der Waals surface area (Å²) in [5.74, 6) is -2.10. The Bertz CT molecular complexity index is 717. The van der Waals surface area contributed by atoms with Crippen LogP contribution in [0.3, 0.4) is 0 Å². The van der Waals surface area contributed by atoms with Gasteiger partial charge in [-0.25, -0.2) is 17.2 Å². The van der Waals surface area contributed by atoms with Gasteiger partial charge in [-0.3, -0.25) is 4.98 Å². The van der Waals surface area contributed by atoms with Gasteiger partial charge in [0, 0.05) is 11.9 Å². The van der Waals surface area contributed by atoms with Gasteiger partial charge >= 0.3 is 0 Å². The third-order valence-electron chi connectivity index (χ3n) is 2.41. The Morgan fingerprint density at radius 3 is 2.53 bits per heavy atom. The number of halogens is 2. The van der Waals surface area contributed by atoms with Crippen molar-refractivity contribution >= 4 is 15.5 Å². The average molecular weight is 284 g/mol. The molecule has 0 bridgehead atoms. The molecule has 1 aromatic heterocycles. The maximum atomic E-state index is 13.6. The van der Waals surface area contributed by atoms with Crippen LogP contribution in [0.4, 0.5) is 14.5 Å².